The van der Waals surface area contributed by atoms with Gasteiger partial charge in [0.25, 0.3) is 0 Å². The van der Waals surface area contributed by atoms with Gasteiger partial charge in [-0.3, -0.25) is 4.79 Å². The summed E-state index contributed by atoms with van der Waals surface area (Å²) in [7, 11) is 0. The maximum atomic E-state index is 11.9. The van der Waals surface area contributed by atoms with E-state index in [0.29, 0.717) is 12.0 Å². The Morgan fingerprint density at radius 3 is 2.67 bits per heavy atom. The Bertz CT molecular complexity index is 273. The van der Waals surface area contributed by atoms with E-state index in [1.807, 2.05) is 27.7 Å². The Labute approximate surface area is 111 Å². The van der Waals surface area contributed by atoms with E-state index in [0.717, 1.165) is 26.0 Å². The van der Waals surface area contributed by atoms with Gasteiger partial charge in [-0.2, -0.15) is 0 Å². The Balaban J connectivity index is 2.32. The summed E-state index contributed by atoms with van der Waals surface area (Å²) in [5, 5.41) is 6.31. The van der Waals surface area contributed by atoms with E-state index in [1.54, 1.807) is 0 Å². The molecule has 1 aliphatic rings. The second kappa shape index (κ2) is 6.53. The van der Waals surface area contributed by atoms with E-state index >= 15 is 0 Å². The van der Waals surface area contributed by atoms with Gasteiger partial charge in [-0.15, -0.1) is 0 Å². The molecule has 3 atom stereocenters. The van der Waals surface area contributed by atoms with Crippen molar-refractivity contribution in [2.45, 2.75) is 65.1 Å². The molecule has 106 valence electrons. The zero-order valence-corrected chi connectivity index (χ0v) is 12.4. The van der Waals surface area contributed by atoms with E-state index < -0.39 is 0 Å². The number of amides is 1. The summed E-state index contributed by atoms with van der Waals surface area (Å²) in [5.41, 5.74) is -0.171. The highest BCUT2D eigenvalue weighted by molar-refractivity contribution is 5.81. The Morgan fingerprint density at radius 2 is 2.11 bits per heavy atom. The lowest BCUT2D eigenvalue weighted by molar-refractivity contribution is -0.124. The molecule has 4 heteroatoms. The minimum atomic E-state index is -0.171. The molecule has 0 aromatic carbocycles. The Kier molecular flexibility index (Phi) is 5.60. The lowest BCUT2D eigenvalue weighted by Crippen LogP contribution is -2.50. The van der Waals surface area contributed by atoms with Gasteiger partial charge in [-0.1, -0.05) is 6.92 Å². The van der Waals surface area contributed by atoms with Crippen molar-refractivity contribution >= 4 is 5.91 Å². The normalized spacial score (nSPS) is 26.1. The van der Waals surface area contributed by atoms with Crippen molar-refractivity contribution in [3.63, 3.8) is 0 Å². The van der Waals surface area contributed by atoms with Crippen molar-refractivity contribution in [3.05, 3.63) is 0 Å². The summed E-state index contributed by atoms with van der Waals surface area (Å²) in [6.45, 7) is 11.8. The van der Waals surface area contributed by atoms with Gasteiger partial charge in [0.1, 0.15) is 0 Å². The molecule has 4 nitrogen and oxygen atoms in total. The monoisotopic (exact) mass is 256 g/mol. The van der Waals surface area contributed by atoms with Crippen LogP contribution in [0.2, 0.25) is 0 Å². The molecule has 2 N–H and O–H groups in total. The zero-order chi connectivity index (χ0) is 13.8. The molecule has 0 aromatic rings. The van der Waals surface area contributed by atoms with Crippen molar-refractivity contribution in [3.8, 4) is 0 Å². The standard InChI is InChI=1S/C14H28N2O2/c1-6-12-11(7-8-18-12)9-15-10(2)13(17)16-14(3,4)5/h10-12,15H,6-9H2,1-5H3,(H,16,17). The van der Waals surface area contributed by atoms with Gasteiger partial charge in [0.2, 0.25) is 5.91 Å². The van der Waals surface area contributed by atoms with E-state index in [-0.39, 0.29) is 17.5 Å². The molecular formula is C14H28N2O2. The first-order chi connectivity index (χ1) is 8.33. The predicted octanol–water partition coefficient (Wildman–Crippen LogP) is 1.69. The molecule has 0 spiro atoms. The van der Waals surface area contributed by atoms with Crippen LogP contribution in [-0.2, 0) is 9.53 Å². The largest absolute Gasteiger partial charge is 0.378 e. The zero-order valence-electron chi connectivity index (χ0n) is 12.4. The first-order valence-corrected chi connectivity index (χ1v) is 7.00. The summed E-state index contributed by atoms with van der Waals surface area (Å²) >= 11 is 0. The SMILES string of the molecule is CCC1OCCC1CNC(C)C(=O)NC(C)(C)C. The molecule has 3 unspecified atom stereocenters. The molecule has 1 rings (SSSR count). The van der Waals surface area contributed by atoms with Gasteiger partial charge >= 0.3 is 0 Å². The van der Waals surface area contributed by atoms with Gasteiger partial charge in [0.15, 0.2) is 0 Å². The smallest absolute Gasteiger partial charge is 0.237 e. The van der Waals surface area contributed by atoms with Crippen molar-refractivity contribution < 1.29 is 9.53 Å². The van der Waals surface area contributed by atoms with Crippen LogP contribution in [0.25, 0.3) is 0 Å². The van der Waals surface area contributed by atoms with Crippen LogP contribution in [0.3, 0.4) is 0 Å². The van der Waals surface area contributed by atoms with Crippen LogP contribution in [0, 0.1) is 5.92 Å². The quantitative estimate of drug-likeness (QED) is 0.787. The van der Waals surface area contributed by atoms with Crippen LogP contribution >= 0.6 is 0 Å². The topological polar surface area (TPSA) is 50.4 Å². The molecule has 0 bridgehead atoms. The van der Waals surface area contributed by atoms with Gasteiger partial charge in [-0.05, 0) is 46.5 Å². The fourth-order valence-electron chi connectivity index (χ4n) is 2.28. The Morgan fingerprint density at radius 1 is 1.44 bits per heavy atom. The molecule has 0 aromatic heterocycles. The summed E-state index contributed by atoms with van der Waals surface area (Å²) in [6.07, 6.45) is 2.50. The highest BCUT2D eigenvalue weighted by atomic mass is 16.5. The molecule has 0 saturated carbocycles. The summed E-state index contributed by atoms with van der Waals surface area (Å²) in [4.78, 5) is 11.9. The van der Waals surface area contributed by atoms with Gasteiger partial charge in [0, 0.05) is 18.7 Å². The van der Waals surface area contributed by atoms with Crippen LogP contribution in [0.1, 0.15) is 47.5 Å². The second-order valence-corrected chi connectivity index (χ2v) is 6.24. The first-order valence-electron chi connectivity index (χ1n) is 7.00. The number of hydrogen-bond donors (Lipinski definition) is 2. The molecule has 1 heterocycles. The van der Waals surface area contributed by atoms with Crippen LogP contribution < -0.4 is 10.6 Å². The second-order valence-electron chi connectivity index (χ2n) is 6.24. The molecule has 1 fully saturated rings. The molecule has 1 amide bonds. The number of carbonyl (C=O) groups is 1. The number of rotatable bonds is 5. The van der Waals surface area contributed by atoms with Crippen molar-refractivity contribution in [1.29, 1.82) is 0 Å². The van der Waals surface area contributed by atoms with Crippen LogP contribution in [0.5, 0.6) is 0 Å². The van der Waals surface area contributed by atoms with E-state index in [9.17, 15) is 4.79 Å². The van der Waals surface area contributed by atoms with Gasteiger partial charge in [0.05, 0.1) is 12.1 Å². The number of carbonyl (C=O) groups excluding carboxylic acids is 1. The minimum absolute atomic E-state index is 0.0643. The van der Waals surface area contributed by atoms with Crippen LogP contribution in [0.4, 0.5) is 0 Å². The number of hydrogen-bond acceptors (Lipinski definition) is 3. The van der Waals surface area contributed by atoms with Crippen molar-refractivity contribution in [1.82, 2.24) is 10.6 Å². The maximum Gasteiger partial charge on any atom is 0.237 e. The third-order valence-electron chi connectivity index (χ3n) is 3.33. The highest BCUT2D eigenvalue weighted by Crippen LogP contribution is 2.22. The third-order valence-corrected chi connectivity index (χ3v) is 3.33. The molecule has 18 heavy (non-hydrogen) atoms. The molecule has 1 saturated heterocycles. The van der Waals surface area contributed by atoms with E-state index in [1.165, 1.54) is 0 Å². The van der Waals surface area contributed by atoms with Gasteiger partial charge in [-0.25, -0.2) is 0 Å². The summed E-state index contributed by atoms with van der Waals surface area (Å²) < 4.78 is 5.65. The summed E-state index contributed by atoms with van der Waals surface area (Å²) in [6, 6.07) is -0.151. The van der Waals surface area contributed by atoms with E-state index in [4.69, 9.17) is 4.74 Å². The Hall–Kier alpha value is -0.610. The molecular weight excluding hydrogens is 228 g/mol. The average molecular weight is 256 g/mol. The number of nitrogens with one attached hydrogen (secondary N) is 2. The van der Waals surface area contributed by atoms with Gasteiger partial charge < -0.3 is 15.4 Å². The molecule has 1 aliphatic heterocycles. The molecule has 0 radical (unpaired) electrons. The van der Waals surface area contributed by atoms with Crippen LogP contribution in [0.15, 0.2) is 0 Å². The van der Waals surface area contributed by atoms with E-state index in [2.05, 4.69) is 17.6 Å². The highest BCUT2D eigenvalue weighted by Gasteiger charge is 2.27. The minimum Gasteiger partial charge on any atom is -0.378 e. The first kappa shape index (κ1) is 15.4. The average Bonchev–Trinajstić information content (AvgIpc) is 2.70. The van der Waals surface area contributed by atoms with Crippen molar-refractivity contribution in [2.24, 2.45) is 5.92 Å². The fraction of sp³-hybridized carbons (Fsp3) is 0.929. The number of ether oxygens (including phenoxy) is 1. The van der Waals surface area contributed by atoms with Crippen LogP contribution in [-0.4, -0.2) is 36.7 Å². The summed E-state index contributed by atoms with van der Waals surface area (Å²) in [5.74, 6) is 0.606. The lowest BCUT2D eigenvalue weighted by atomic mass is 9.99. The molecule has 0 aliphatic carbocycles. The fourth-order valence-corrected chi connectivity index (χ4v) is 2.28. The van der Waals surface area contributed by atoms with Crippen molar-refractivity contribution in [2.75, 3.05) is 13.2 Å². The predicted molar refractivity (Wildman–Crippen MR) is 73.5 cm³/mol. The lowest BCUT2D eigenvalue weighted by Gasteiger charge is -2.25. The third kappa shape index (κ3) is 4.94. The maximum absolute atomic E-state index is 11.9.